The van der Waals surface area contributed by atoms with Crippen LogP contribution in [-0.2, 0) is 16.1 Å². The Morgan fingerprint density at radius 1 is 1.20 bits per heavy atom. The van der Waals surface area contributed by atoms with Gasteiger partial charge in [0.2, 0.25) is 5.91 Å². The smallest absolute Gasteiger partial charge is 0.338 e. The molecule has 0 radical (unpaired) electrons. The fourth-order valence-corrected chi connectivity index (χ4v) is 1.98. The molecule has 5 heteroatoms. The van der Waals surface area contributed by atoms with Crippen LogP contribution in [0.2, 0.25) is 0 Å². The van der Waals surface area contributed by atoms with E-state index in [2.05, 4.69) is 5.32 Å². The molecular weight excluding hydrogens is 256 g/mol. The first-order valence-electron chi connectivity index (χ1n) is 6.78. The van der Waals surface area contributed by atoms with Gasteiger partial charge in [-0.15, -0.1) is 0 Å². The van der Waals surface area contributed by atoms with Gasteiger partial charge in [0.15, 0.2) is 0 Å². The highest BCUT2D eigenvalue weighted by molar-refractivity contribution is 5.91. The standard InChI is InChI=1S/C15H22N2O3/c1-4-17(5-2)14(18)11-16-10-12-8-6-7-9-13(12)15(19)20-3/h6-9,16H,4-5,10-11H2,1-3H3. The molecule has 20 heavy (non-hydrogen) atoms. The van der Waals surface area contributed by atoms with Crippen molar-refractivity contribution in [3.63, 3.8) is 0 Å². The van der Waals surface area contributed by atoms with Gasteiger partial charge in [-0.3, -0.25) is 4.79 Å². The second-order valence-corrected chi connectivity index (χ2v) is 4.32. The minimum atomic E-state index is -0.363. The summed E-state index contributed by atoms with van der Waals surface area (Å²) in [5, 5.41) is 3.07. The number of esters is 1. The maximum atomic E-state index is 11.8. The first-order chi connectivity index (χ1) is 9.63. The number of rotatable bonds is 7. The van der Waals surface area contributed by atoms with Gasteiger partial charge in [0.05, 0.1) is 19.2 Å². The van der Waals surface area contributed by atoms with E-state index in [0.717, 1.165) is 5.56 Å². The third-order valence-electron chi connectivity index (χ3n) is 3.13. The molecule has 1 N–H and O–H groups in total. The maximum absolute atomic E-state index is 11.8. The maximum Gasteiger partial charge on any atom is 0.338 e. The topological polar surface area (TPSA) is 58.6 Å². The van der Waals surface area contributed by atoms with Crippen molar-refractivity contribution in [1.82, 2.24) is 10.2 Å². The average molecular weight is 278 g/mol. The van der Waals surface area contributed by atoms with E-state index in [1.54, 1.807) is 17.0 Å². The molecule has 0 saturated carbocycles. The molecule has 1 aromatic rings. The van der Waals surface area contributed by atoms with Gasteiger partial charge >= 0.3 is 5.97 Å². The summed E-state index contributed by atoms with van der Waals surface area (Å²) in [6.07, 6.45) is 0. The van der Waals surface area contributed by atoms with E-state index in [0.29, 0.717) is 25.2 Å². The molecule has 0 heterocycles. The molecule has 0 aromatic heterocycles. The molecule has 110 valence electrons. The van der Waals surface area contributed by atoms with E-state index in [-0.39, 0.29) is 18.4 Å². The van der Waals surface area contributed by atoms with Gasteiger partial charge in [0.1, 0.15) is 0 Å². The highest BCUT2D eigenvalue weighted by Gasteiger charge is 2.12. The third kappa shape index (κ3) is 4.35. The van der Waals surface area contributed by atoms with E-state index in [1.165, 1.54) is 7.11 Å². The molecule has 0 aliphatic heterocycles. The number of ether oxygens (including phenoxy) is 1. The van der Waals surface area contributed by atoms with Crippen LogP contribution in [0.5, 0.6) is 0 Å². The third-order valence-corrected chi connectivity index (χ3v) is 3.13. The van der Waals surface area contributed by atoms with Crippen LogP contribution < -0.4 is 5.32 Å². The van der Waals surface area contributed by atoms with Crippen LogP contribution in [-0.4, -0.2) is 43.5 Å². The monoisotopic (exact) mass is 278 g/mol. The van der Waals surface area contributed by atoms with Crippen molar-refractivity contribution in [2.24, 2.45) is 0 Å². The first-order valence-corrected chi connectivity index (χ1v) is 6.78. The lowest BCUT2D eigenvalue weighted by atomic mass is 10.1. The Balaban J connectivity index is 2.58. The first kappa shape index (κ1) is 16.2. The Morgan fingerprint density at radius 3 is 2.45 bits per heavy atom. The summed E-state index contributed by atoms with van der Waals surface area (Å²) >= 11 is 0. The number of carbonyl (C=O) groups is 2. The molecule has 0 atom stereocenters. The molecule has 1 amide bonds. The lowest BCUT2D eigenvalue weighted by Crippen LogP contribution is -2.37. The van der Waals surface area contributed by atoms with E-state index in [1.807, 2.05) is 26.0 Å². The number of hydrogen-bond acceptors (Lipinski definition) is 4. The Morgan fingerprint density at radius 2 is 1.85 bits per heavy atom. The zero-order valence-corrected chi connectivity index (χ0v) is 12.3. The van der Waals surface area contributed by atoms with Crippen LogP contribution in [0.25, 0.3) is 0 Å². The van der Waals surface area contributed by atoms with E-state index in [4.69, 9.17) is 4.74 Å². The highest BCUT2D eigenvalue weighted by atomic mass is 16.5. The molecule has 0 aliphatic carbocycles. The van der Waals surface area contributed by atoms with Crippen molar-refractivity contribution in [2.45, 2.75) is 20.4 Å². The highest BCUT2D eigenvalue weighted by Crippen LogP contribution is 2.09. The van der Waals surface area contributed by atoms with Gasteiger partial charge in [0, 0.05) is 19.6 Å². The molecule has 5 nitrogen and oxygen atoms in total. The van der Waals surface area contributed by atoms with Crippen molar-refractivity contribution >= 4 is 11.9 Å². The van der Waals surface area contributed by atoms with Crippen molar-refractivity contribution in [3.8, 4) is 0 Å². The van der Waals surface area contributed by atoms with Gasteiger partial charge in [-0.05, 0) is 25.5 Å². The SMILES string of the molecule is CCN(CC)C(=O)CNCc1ccccc1C(=O)OC. The van der Waals surface area contributed by atoms with Crippen molar-refractivity contribution in [3.05, 3.63) is 35.4 Å². The normalized spacial score (nSPS) is 10.2. The Bertz CT molecular complexity index is 456. The quantitative estimate of drug-likeness (QED) is 0.767. The van der Waals surface area contributed by atoms with Crippen LogP contribution in [0, 0.1) is 0 Å². The number of nitrogens with one attached hydrogen (secondary N) is 1. The number of nitrogens with zero attached hydrogens (tertiary/aromatic N) is 1. The zero-order valence-electron chi connectivity index (χ0n) is 12.3. The Labute approximate surface area is 119 Å². The molecule has 0 unspecified atom stereocenters. The van der Waals surface area contributed by atoms with Crippen LogP contribution >= 0.6 is 0 Å². The van der Waals surface area contributed by atoms with Crippen molar-refractivity contribution < 1.29 is 14.3 Å². The average Bonchev–Trinajstić information content (AvgIpc) is 2.48. The number of carbonyl (C=O) groups excluding carboxylic acids is 2. The van der Waals surface area contributed by atoms with Crippen LogP contribution in [0.15, 0.2) is 24.3 Å². The number of likely N-dealkylation sites (N-methyl/N-ethyl adjacent to an activating group) is 1. The molecule has 0 spiro atoms. The molecule has 1 aromatic carbocycles. The summed E-state index contributed by atoms with van der Waals surface area (Å²) in [4.78, 5) is 25.2. The molecule has 0 fully saturated rings. The number of methoxy groups -OCH3 is 1. The summed E-state index contributed by atoms with van der Waals surface area (Å²) < 4.78 is 4.74. The molecular formula is C15H22N2O3. The lowest BCUT2D eigenvalue weighted by molar-refractivity contribution is -0.129. The Kier molecular flexibility index (Phi) is 6.73. The van der Waals surface area contributed by atoms with E-state index < -0.39 is 0 Å². The van der Waals surface area contributed by atoms with Crippen LogP contribution in [0.3, 0.4) is 0 Å². The molecule has 1 rings (SSSR count). The minimum Gasteiger partial charge on any atom is -0.465 e. The van der Waals surface area contributed by atoms with Gasteiger partial charge in [-0.2, -0.15) is 0 Å². The minimum absolute atomic E-state index is 0.0607. The number of hydrogen-bond donors (Lipinski definition) is 1. The predicted octanol–water partition coefficient (Wildman–Crippen LogP) is 1.43. The molecule has 0 bridgehead atoms. The van der Waals surface area contributed by atoms with Gasteiger partial charge in [-0.1, -0.05) is 18.2 Å². The van der Waals surface area contributed by atoms with E-state index in [9.17, 15) is 9.59 Å². The number of amides is 1. The van der Waals surface area contributed by atoms with Crippen LogP contribution in [0.4, 0.5) is 0 Å². The van der Waals surface area contributed by atoms with Crippen LogP contribution in [0.1, 0.15) is 29.8 Å². The fraction of sp³-hybridized carbons (Fsp3) is 0.467. The van der Waals surface area contributed by atoms with Crippen molar-refractivity contribution in [1.29, 1.82) is 0 Å². The van der Waals surface area contributed by atoms with Gasteiger partial charge in [0.25, 0.3) is 0 Å². The second-order valence-electron chi connectivity index (χ2n) is 4.32. The Hall–Kier alpha value is -1.88. The summed E-state index contributed by atoms with van der Waals surface area (Å²) in [6, 6.07) is 7.21. The summed E-state index contributed by atoms with van der Waals surface area (Å²) in [7, 11) is 1.36. The second kappa shape index (κ2) is 8.32. The van der Waals surface area contributed by atoms with E-state index >= 15 is 0 Å². The zero-order chi connectivity index (χ0) is 15.0. The predicted molar refractivity (Wildman–Crippen MR) is 77.4 cm³/mol. The summed E-state index contributed by atoms with van der Waals surface area (Å²) in [6.45, 7) is 6.03. The molecule has 0 saturated heterocycles. The molecule has 0 aliphatic rings. The fourth-order valence-electron chi connectivity index (χ4n) is 1.98. The lowest BCUT2D eigenvalue weighted by Gasteiger charge is -2.19. The largest absolute Gasteiger partial charge is 0.465 e. The summed E-state index contributed by atoms with van der Waals surface area (Å²) in [5.74, 6) is -0.303. The number of benzene rings is 1. The van der Waals surface area contributed by atoms with Gasteiger partial charge < -0.3 is 15.0 Å². The summed E-state index contributed by atoms with van der Waals surface area (Å²) in [5.41, 5.74) is 1.35. The van der Waals surface area contributed by atoms with Crippen molar-refractivity contribution in [2.75, 3.05) is 26.7 Å². The van der Waals surface area contributed by atoms with Gasteiger partial charge in [-0.25, -0.2) is 4.79 Å².